The standard InChI is InChI=1S/C12H23N3O2S/c1-10(18-2)4-6-14-11(16)12(17)15-8-3-5-13-7-9-15/h10,13H,3-9H2,1-2H3,(H,14,16). The van der Waals surface area contributed by atoms with Crippen LogP contribution in [0.1, 0.15) is 19.8 Å². The first-order valence-corrected chi connectivity index (χ1v) is 7.74. The lowest BCUT2D eigenvalue weighted by molar-refractivity contribution is -0.145. The Balaban J connectivity index is 2.29. The van der Waals surface area contributed by atoms with Crippen molar-refractivity contribution in [3.63, 3.8) is 0 Å². The van der Waals surface area contributed by atoms with E-state index in [1.165, 1.54) is 0 Å². The third-order valence-electron chi connectivity index (χ3n) is 3.06. The van der Waals surface area contributed by atoms with Gasteiger partial charge >= 0.3 is 11.8 Å². The van der Waals surface area contributed by atoms with Crippen LogP contribution in [0.2, 0.25) is 0 Å². The Hall–Kier alpha value is -0.750. The number of carbonyl (C=O) groups is 2. The monoisotopic (exact) mass is 273 g/mol. The molecule has 0 saturated carbocycles. The second-order valence-corrected chi connectivity index (χ2v) is 5.76. The Morgan fingerprint density at radius 2 is 2.17 bits per heavy atom. The summed E-state index contributed by atoms with van der Waals surface area (Å²) in [6.45, 7) is 5.64. The van der Waals surface area contributed by atoms with Crippen molar-refractivity contribution in [1.82, 2.24) is 15.5 Å². The van der Waals surface area contributed by atoms with Gasteiger partial charge in [-0.3, -0.25) is 9.59 Å². The van der Waals surface area contributed by atoms with E-state index in [4.69, 9.17) is 0 Å². The summed E-state index contributed by atoms with van der Waals surface area (Å²) in [7, 11) is 0. The second kappa shape index (κ2) is 8.37. The van der Waals surface area contributed by atoms with Crippen LogP contribution in [-0.4, -0.2) is 60.9 Å². The largest absolute Gasteiger partial charge is 0.348 e. The van der Waals surface area contributed by atoms with E-state index in [9.17, 15) is 9.59 Å². The molecule has 2 N–H and O–H groups in total. The minimum atomic E-state index is -0.467. The minimum Gasteiger partial charge on any atom is -0.348 e. The summed E-state index contributed by atoms with van der Waals surface area (Å²) >= 11 is 1.76. The van der Waals surface area contributed by atoms with Gasteiger partial charge in [0.1, 0.15) is 0 Å². The summed E-state index contributed by atoms with van der Waals surface area (Å²) in [4.78, 5) is 25.2. The fraction of sp³-hybridized carbons (Fsp3) is 0.833. The van der Waals surface area contributed by atoms with E-state index in [1.807, 2.05) is 6.26 Å². The number of nitrogens with one attached hydrogen (secondary N) is 2. The van der Waals surface area contributed by atoms with E-state index >= 15 is 0 Å². The number of carbonyl (C=O) groups excluding carboxylic acids is 2. The van der Waals surface area contributed by atoms with Crippen LogP contribution in [0.5, 0.6) is 0 Å². The molecule has 1 aliphatic rings. The van der Waals surface area contributed by atoms with Crippen molar-refractivity contribution in [2.45, 2.75) is 25.0 Å². The van der Waals surface area contributed by atoms with Crippen LogP contribution >= 0.6 is 11.8 Å². The number of amides is 2. The third kappa shape index (κ3) is 5.27. The fourth-order valence-corrected chi connectivity index (χ4v) is 2.13. The van der Waals surface area contributed by atoms with Gasteiger partial charge in [-0.2, -0.15) is 11.8 Å². The van der Waals surface area contributed by atoms with Gasteiger partial charge in [-0.05, 0) is 25.6 Å². The van der Waals surface area contributed by atoms with Crippen molar-refractivity contribution >= 4 is 23.6 Å². The molecule has 2 amide bonds. The normalized spacial score (nSPS) is 18.0. The van der Waals surface area contributed by atoms with Crippen LogP contribution < -0.4 is 10.6 Å². The van der Waals surface area contributed by atoms with Crippen molar-refractivity contribution in [1.29, 1.82) is 0 Å². The summed E-state index contributed by atoms with van der Waals surface area (Å²) in [6, 6.07) is 0. The minimum absolute atomic E-state index is 0.393. The van der Waals surface area contributed by atoms with Gasteiger partial charge < -0.3 is 15.5 Å². The molecule has 0 aromatic heterocycles. The average molecular weight is 273 g/mol. The molecule has 1 heterocycles. The number of rotatable bonds is 4. The lowest BCUT2D eigenvalue weighted by atomic mass is 10.3. The zero-order valence-corrected chi connectivity index (χ0v) is 12.0. The van der Waals surface area contributed by atoms with Gasteiger partial charge in [0.15, 0.2) is 0 Å². The maximum absolute atomic E-state index is 11.9. The third-order valence-corrected chi connectivity index (χ3v) is 4.10. The summed E-state index contributed by atoms with van der Waals surface area (Å²) in [5.41, 5.74) is 0. The molecule has 0 radical (unpaired) electrons. The van der Waals surface area contributed by atoms with E-state index in [-0.39, 0.29) is 0 Å². The zero-order chi connectivity index (χ0) is 13.4. The molecule has 0 aromatic rings. The summed E-state index contributed by atoms with van der Waals surface area (Å²) in [6.07, 6.45) is 3.84. The van der Waals surface area contributed by atoms with E-state index in [0.29, 0.717) is 24.9 Å². The van der Waals surface area contributed by atoms with Gasteiger partial charge in [0.2, 0.25) is 0 Å². The maximum atomic E-state index is 11.9. The van der Waals surface area contributed by atoms with Crippen LogP contribution in [0.25, 0.3) is 0 Å². The molecule has 1 aliphatic heterocycles. The Labute approximate surface area is 113 Å². The highest BCUT2D eigenvalue weighted by Crippen LogP contribution is 2.07. The summed E-state index contributed by atoms with van der Waals surface area (Å²) < 4.78 is 0. The molecular formula is C12H23N3O2S. The second-order valence-electron chi connectivity index (χ2n) is 4.49. The molecule has 0 bridgehead atoms. The van der Waals surface area contributed by atoms with Crippen LogP contribution in [0.4, 0.5) is 0 Å². The number of thioether (sulfide) groups is 1. The molecule has 6 heteroatoms. The Morgan fingerprint density at radius 3 is 2.89 bits per heavy atom. The van der Waals surface area contributed by atoms with Gasteiger partial charge in [-0.1, -0.05) is 6.92 Å². The lowest BCUT2D eigenvalue weighted by Gasteiger charge is -2.19. The lowest BCUT2D eigenvalue weighted by Crippen LogP contribution is -2.44. The summed E-state index contributed by atoms with van der Waals surface area (Å²) in [5.74, 6) is -0.860. The van der Waals surface area contributed by atoms with Crippen LogP contribution in [0, 0.1) is 0 Å². The van der Waals surface area contributed by atoms with Gasteiger partial charge in [0.25, 0.3) is 0 Å². The van der Waals surface area contributed by atoms with E-state index in [2.05, 4.69) is 17.6 Å². The van der Waals surface area contributed by atoms with Gasteiger partial charge in [-0.15, -0.1) is 0 Å². The highest BCUT2D eigenvalue weighted by atomic mass is 32.2. The number of hydrogen-bond donors (Lipinski definition) is 2. The fourth-order valence-electron chi connectivity index (χ4n) is 1.77. The predicted octanol–water partition coefficient (Wildman–Crippen LogP) is 0.0661. The Bertz CT molecular complexity index is 278. The topological polar surface area (TPSA) is 61.4 Å². The Kier molecular flexibility index (Phi) is 7.12. The van der Waals surface area contributed by atoms with E-state index < -0.39 is 11.8 Å². The van der Waals surface area contributed by atoms with E-state index in [1.54, 1.807) is 16.7 Å². The van der Waals surface area contributed by atoms with Crippen molar-refractivity contribution < 1.29 is 9.59 Å². The molecule has 18 heavy (non-hydrogen) atoms. The van der Waals surface area contributed by atoms with Crippen molar-refractivity contribution in [3.05, 3.63) is 0 Å². The molecular weight excluding hydrogens is 250 g/mol. The molecule has 1 fully saturated rings. The smallest absolute Gasteiger partial charge is 0.311 e. The van der Waals surface area contributed by atoms with Gasteiger partial charge in [0.05, 0.1) is 0 Å². The van der Waals surface area contributed by atoms with Gasteiger partial charge in [-0.25, -0.2) is 0 Å². The first-order valence-electron chi connectivity index (χ1n) is 6.45. The Morgan fingerprint density at radius 1 is 1.39 bits per heavy atom. The van der Waals surface area contributed by atoms with Crippen molar-refractivity contribution in [2.24, 2.45) is 0 Å². The molecule has 1 saturated heterocycles. The van der Waals surface area contributed by atoms with Gasteiger partial charge in [0, 0.05) is 31.4 Å². The zero-order valence-electron chi connectivity index (χ0n) is 11.2. The highest BCUT2D eigenvalue weighted by Gasteiger charge is 2.21. The molecule has 0 aromatic carbocycles. The van der Waals surface area contributed by atoms with Crippen molar-refractivity contribution in [2.75, 3.05) is 39.0 Å². The SMILES string of the molecule is CSC(C)CCNC(=O)C(=O)N1CCCNCC1. The first-order chi connectivity index (χ1) is 8.65. The molecule has 1 rings (SSSR count). The van der Waals surface area contributed by atoms with Crippen LogP contribution in [0.3, 0.4) is 0 Å². The quantitative estimate of drug-likeness (QED) is 0.712. The van der Waals surface area contributed by atoms with Crippen LogP contribution in [-0.2, 0) is 9.59 Å². The molecule has 0 aliphatic carbocycles. The number of hydrogen-bond acceptors (Lipinski definition) is 4. The molecule has 5 nitrogen and oxygen atoms in total. The predicted molar refractivity (Wildman–Crippen MR) is 74.7 cm³/mol. The first kappa shape index (κ1) is 15.3. The van der Waals surface area contributed by atoms with E-state index in [0.717, 1.165) is 25.9 Å². The maximum Gasteiger partial charge on any atom is 0.311 e. The van der Waals surface area contributed by atoms with Crippen LogP contribution in [0.15, 0.2) is 0 Å². The average Bonchev–Trinajstić information content (AvgIpc) is 2.66. The number of nitrogens with zero attached hydrogens (tertiary/aromatic N) is 1. The summed E-state index contributed by atoms with van der Waals surface area (Å²) in [5, 5.41) is 6.41. The van der Waals surface area contributed by atoms with Crippen molar-refractivity contribution in [3.8, 4) is 0 Å². The molecule has 0 spiro atoms. The molecule has 1 atom stereocenters. The molecule has 1 unspecified atom stereocenters. The molecule has 104 valence electrons. The highest BCUT2D eigenvalue weighted by molar-refractivity contribution is 7.99.